The molecule has 0 aliphatic carbocycles. The maximum Gasteiger partial charge on any atom is 0.178 e. The van der Waals surface area contributed by atoms with Crippen molar-refractivity contribution in [3.63, 3.8) is 0 Å². The Kier molecular flexibility index (Phi) is 8.13. The van der Waals surface area contributed by atoms with Crippen LogP contribution < -0.4 is 18.9 Å². The molecule has 202 valence electrons. The molecular weight excluding hydrogens is 520 g/mol. The van der Waals surface area contributed by atoms with E-state index in [2.05, 4.69) is 6.92 Å². The van der Waals surface area contributed by atoms with E-state index >= 15 is 0 Å². The molecular formula is C30H34O6S2. The Balaban J connectivity index is 1.92. The van der Waals surface area contributed by atoms with Gasteiger partial charge in [-0.1, -0.05) is 12.1 Å². The Morgan fingerprint density at radius 3 is 1.45 bits per heavy atom. The zero-order valence-corrected chi connectivity index (χ0v) is 24.6. The third-order valence-corrected chi connectivity index (χ3v) is 8.87. The molecule has 0 saturated carbocycles. The topological polar surface area (TPSA) is 77.4 Å². The summed E-state index contributed by atoms with van der Waals surface area (Å²) >= 11 is 2.84. The molecule has 0 radical (unpaired) electrons. The van der Waals surface area contributed by atoms with Crippen molar-refractivity contribution in [2.45, 2.75) is 53.8 Å². The molecule has 0 bridgehead atoms. The number of hydrogen-bond acceptors (Lipinski definition) is 8. The van der Waals surface area contributed by atoms with Gasteiger partial charge in [-0.05, 0) is 76.9 Å². The standard InChI is InChI=1S/C30H34O6S2/c1-15(2)35-21-13-9-11-19(33-7)23(21)27-17(5)18(6)28(37-27)30-26(32)25(31)29(38-30)24-20(34-8)12-10-14-22(24)36-16(3)4/h9-16,31-32H,1-8H3. The fraction of sp³-hybridized carbons (Fsp3) is 0.333. The number of ether oxygens (including phenoxy) is 4. The lowest BCUT2D eigenvalue weighted by atomic mass is 10.0. The van der Waals surface area contributed by atoms with E-state index in [1.807, 2.05) is 71.0 Å². The molecule has 2 aromatic heterocycles. The molecule has 0 amide bonds. The Morgan fingerprint density at radius 2 is 0.974 bits per heavy atom. The van der Waals surface area contributed by atoms with Crippen LogP contribution in [0.4, 0.5) is 0 Å². The summed E-state index contributed by atoms with van der Waals surface area (Å²) in [4.78, 5) is 2.92. The van der Waals surface area contributed by atoms with Gasteiger partial charge in [-0.3, -0.25) is 0 Å². The summed E-state index contributed by atoms with van der Waals surface area (Å²) in [7, 11) is 3.22. The van der Waals surface area contributed by atoms with E-state index in [1.165, 1.54) is 22.7 Å². The third-order valence-electron chi connectivity index (χ3n) is 6.11. The summed E-state index contributed by atoms with van der Waals surface area (Å²) < 4.78 is 23.5. The molecule has 2 N–H and O–H groups in total. The minimum Gasteiger partial charge on any atom is -0.503 e. The third kappa shape index (κ3) is 5.02. The molecule has 38 heavy (non-hydrogen) atoms. The Labute approximate surface area is 232 Å². The molecule has 0 unspecified atom stereocenters. The van der Waals surface area contributed by atoms with E-state index in [-0.39, 0.29) is 23.7 Å². The summed E-state index contributed by atoms with van der Waals surface area (Å²) in [5, 5.41) is 22.3. The first kappa shape index (κ1) is 27.7. The first-order valence-corrected chi connectivity index (χ1v) is 14.0. The van der Waals surface area contributed by atoms with Crippen LogP contribution in [0, 0.1) is 13.8 Å². The molecule has 4 rings (SSSR count). The lowest BCUT2D eigenvalue weighted by Gasteiger charge is -2.16. The number of thiophene rings is 2. The predicted octanol–water partition coefficient (Wildman–Crippen LogP) is 8.43. The van der Waals surface area contributed by atoms with Gasteiger partial charge in [0, 0.05) is 4.88 Å². The van der Waals surface area contributed by atoms with Gasteiger partial charge >= 0.3 is 0 Å². The first-order valence-electron chi connectivity index (χ1n) is 12.4. The summed E-state index contributed by atoms with van der Waals surface area (Å²) in [6, 6.07) is 11.3. The van der Waals surface area contributed by atoms with E-state index in [1.54, 1.807) is 14.2 Å². The molecule has 0 aliphatic heterocycles. The minimum absolute atomic E-state index is 0.00866. The minimum atomic E-state index is -0.198. The highest BCUT2D eigenvalue weighted by atomic mass is 32.1. The predicted molar refractivity (Wildman–Crippen MR) is 156 cm³/mol. The van der Waals surface area contributed by atoms with E-state index in [0.717, 1.165) is 32.2 Å². The van der Waals surface area contributed by atoms with Crippen LogP contribution in [0.2, 0.25) is 0 Å². The van der Waals surface area contributed by atoms with Crippen molar-refractivity contribution in [1.29, 1.82) is 0 Å². The van der Waals surface area contributed by atoms with Crippen molar-refractivity contribution < 1.29 is 29.2 Å². The Bertz CT molecular complexity index is 1340. The van der Waals surface area contributed by atoms with Gasteiger partial charge in [-0.15, -0.1) is 22.7 Å². The van der Waals surface area contributed by atoms with Crippen molar-refractivity contribution >= 4 is 22.7 Å². The average Bonchev–Trinajstić information content (AvgIpc) is 3.32. The van der Waals surface area contributed by atoms with Crippen molar-refractivity contribution in [1.82, 2.24) is 0 Å². The van der Waals surface area contributed by atoms with Crippen molar-refractivity contribution in [3.8, 4) is 65.1 Å². The number of aromatic hydroxyl groups is 2. The molecule has 6 nitrogen and oxygen atoms in total. The Hall–Kier alpha value is -3.36. The molecule has 4 aromatic rings. The molecule has 8 heteroatoms. The summed E-state index contributed by atoms with van der Waals surface area (Å²) in [6.07, 6.45) is -0.0884. The number of rotatable bonds is 9. The van der Waals surface area contributed by atoms with Crippen molar-refractivity contribution in [2.24, 2.45) is 0 Å². The van der Waals surface area contributed by atoms with Gasteiger partial charge in [-0.25, -0.2) is 0 Å². The van der Waals surface area contributed by atoms with Crippen LogP contribution in [0.5, 0.6) is 34.5 Å². The zero-order valence-electron chi connectivity index (χ0n) is 23.0. The van der Waals surface area contributed by atoms with E-state index < -0.39 is 0 Å². The number of methoxy groups -OCH3 is 2. The van der Waals surface area contributed by atoms with Crippen LogP contribution in [0.15, 0.2) is 36.4 Å². The van der Waals surface area contributed by atoms with Crippen LogP contribution in [0.1, 0.15) is 38.8 Å². The normalized spacial score (nSPS) is 11.3. The molecule has 0 saturated heterocycles. The van der Waals surface area contributed by atoms with Crippen LogP contribution >= 0.6 is 22.7 Å². The summed E-state index contributed by atoms with van der Waals surface area (Å²) in [6.45, 7) is 11.9. The van der Waals surface area contributed by atoms with Gasteiger partial charge in [0.15, 0.2) is 11.5 Å². The highest BCUT2D eigenvalue weighted by molar-refractivity contribution is 7.26. The SMILES string of the molecule is COc1cccc(OC(C)C)c1-c1sc(-c2sc(-c3c(OC)cccc3OC(C)C)c(O)c2O)c(C)c1C. The smallest absolute Gasteiger partial charge is 0.178 e. The first-order chi connectivity index (χ1) is 18.1. The molecule has 2 heterocycles. The molecule has 0 atom stereocenters. The second kappa shape index (κ2) is 11.2. The number of benzene rings is 2. The fourth-order valence-corrected chi connectivity index (χ4v) is 7.00. The van der Waals surface area contributed by atoms with Crippen molar-refractivity contribution in [2.75, 3.05) is 14.2 Å². The molecule has 0 aliphatic rings. The molecule has 2 aromatic carbocycles. The maximum absolute atomic E-state index is 11.2. The number of hydrogen-bond donors (Lipinski definition) is 2. The second-order valence-electron chi connectivity index (χ2n) is 9.47. The van der Waals surface area contributed by atoms with Gasteiger partial charge in [0.2, 0.25) is 0 Å². The lowest BCUT2D eigenvalue weighted by molar-refractivity contribution is 0.242. The molecule has 0 fully saturated rings. The van der Waals surface area contributed by atoms with Crippen LogP contribution in [-0.4, -0.2) is 36.6 Å². The molecule has 0 spiro atoms. The average molecular weight is 555 g/mol. The highest BCUT2D eigenvalue weighted by Gasteiger charge is 2.29. The van der Waals surface area contributed by atoms with Gasteiger partial charge in [0.25, 0.3) is 0 Å². The highest BCUT2D eigenvalue weighted by Crippen LogP contribution is 2.58. The van der Waals surface area contributed by atoms with Gasteiger partial charge in [-0.2, -0.15) is 0 Å². The van der Waals surface area contributed by atoms with E-state index in [4.69, 9.17) is 18.9 Å². The van der Waals surface area contributed by atoms with Gasteiger partial charge < -0.3 is 29.2 Å². The lowest BCUT2D eigenvalue weighted by Crippen LogP contribution is -2.07. The summed E-state index contributed by atoms with van der Waals surface area (Å²) in [5.74, 6) is 2.21. The Morgan fingerprint density at radius 1 is 0.579 bits per heavy atom. The maximum atomic E-state index is 11.2. The zero-order chi connectivity index (χ0) is 27.7. The van der Waals surface area contributed by atoms with Gasteiger partial charge in [0.1, 0.15) is 23.0 Å². The summed E-state index contributed by atoms with van der Waals surface area (Å²) in [5.41, 5.74) is 3.54. The van der Waals surface area contributed by atoms with Crippen molar-refractivity contribution in [3.05, 3.63) is 47.5 Å². The van der Waals surface area contributed by atoms with E-state index in [9.17, 15) is 10.2 Å². The van der Waals surface area contributed by atoms with E-state index in [0.29, 0.717) is 32.6 Å². The fourth-order valence-electron chi connectivity index (χ4n) is 4.30. The van der Waals surface area contributed by atoms with Crippen LogP contribution in [0.3, 0.4) is 0 Å². The van der Waals surface area contributed by atoms with Gasteiger partial charge in [0.05, 0.1) is 52.2 Å². The second-order valence-corrected chi connectivity index (χ2v) is 11.5. The van der Waals surface area contributed by atoms with Crippen LogP contribution in [0.25, 0.3) is 30.6 Å². The van der Waals surface area contributed by atoms with Crippen LogP contribution in [-0.2, 0) is 0 Å². The monoisotopic (exact) mass is 554 g/mol. The quantitative estimate of drug-likeness (QED) is 0.216. The largest absolute Gasteiger partial charge is 0.503 e.